The van der Waals surface area contributed by atoms with Crippen molar-refractivity contribution in [1.82, 2.24) is 19.8 Å². The fourth-order valence-electron chi connectivity index (χ4n) is 3.56. The van der Waals surface area contributed by atoms with Crippen molar-refractivity contribution in [1.29, 1.82) is 0 Å². The van der Waals surface area contributed by atoms with Gasteiger partial charge >= 0.3 is 0 Å². The molecule has 5 aromatic rings. The maximum Gasteiger partial charge on any atom is 0.229 e. The zero-order chi connectivity index (χ0) is 23.2. The second-order valence-corrected chi connectivity index (χ2v) is 10.6. The molecular formula is C23H21N5O3S2. The van der Waals surface area contributed by atoms with Crippen molar-refractivity contribution in [3.8, 4) is 5.75 Å². The summed E-state index contributed by atoms with van der Waals surface area (Å²) in [5.74, 6) is 1.52. The van der Waals surface area contributed by atoms with Crippen molar-refractivity contribution in [3.05, 3.63) is 65.5 Å². The fraction of sp³-hybridized carbons (Fsp3) is 0.174. The van der Waals surface area contributed by atoms with E-state index in [9.17, 15) is 8.42 Å². The molecule has 0 aliphatic carbocycles. The first kappa shape index (κ1) is 21.4. The quantitative estimate of drug-likeness (QED) is 0.364. The molecule has 3 aromatic heterocycles. The molecule has 168 valence electrons. The molecular weight excluding hydrogens is 458 g/mol. The van der Waals surface area contributed by atoms with Gasteiger partial charge in [-0.05, 0) is 47.2 Å². The molecule has 0 amide bonds. The number of nitrogens with zero attached hydrogens (tertiary/aromatic N) is 4. The molecule has 2 aromatic carbocycles. The van der Waals surface area contributed by atoms with Crippen LogP contribution in [-0.2, 0) is 9.84 Å². The first-order chi connectivity index (χ1) is 15.9. The average Bonchev–Trinajstić information content (AvgIpc) is 3.47. The Kier molecular flexibility index (Phi) is 5.26. The third-order valence-corrected chi connectivity index (χ3v) is 7.94. The minimum absolute atomic E-state index is 0.156. The minimum atomic E-state index is -3.92. The van der Waals surface area contributed by atoms with Gasteiger partial charge in [0.05, 0.1) is 22.2 Å². The van der Waals surface area contributed by atoms with E-state index in [-0.39, 0.29) is 15.6 Å². The second-order valence-electron chi connectivity index (χ2n) is 7.81. The zero-order valence-electron chi connectivity index (χ0n) is 18.2. The third kappa shape index (κ3) is 3.70. The number of rotatable bonds is 6. The molecule has 0 radical (unpaired) electrons. The van der Waals surface area contributed by atoms with Gasteiger partial charge in [0, 0.05) is 11.8 Å². The Labute approximate surface area is 194 Å². The van der Waals surface area contributed by atoms with E-state index in [1.165, 1.54) is 15.9 Å². The van der Waals surface area contributed by atoms with Gasteiger partial charge < -0.3 is 10.1 Å². The Morgan fingerprint density at radius 1 is 1.09 bits per heavy atom. The van der Waals surface area contributed by atoms with E-state index in [1.807, 2.05) is 47.8 Å². The molecule has 0 unspecified atom stereocenters. The predicted octanol–water partition coefficient (Wildman–Crippen LogP) is 5.05. The van der Waals surface area contributed by atoms with E-state index in [1.54, 1.807) is 19.2 Å². The number of nitrogens with one attached hydrogen (secondary N) is 1. The van der Waals surface area contributed by atoms with Crippen LogP contribution >= 0.6 is 11.3 Å². The van der Waals surface area contributed by atoms with E-state index in [0.717, 1.165) is 21.5 Å². The smallest absolute Gasteiger partial charge is 0.229 e. The number of anilines is 2. The Bertz CT molecular complexity index is 1570. The maximum absolute atomic E-state index is 13.4. The van der Waals surface area contributed by atoms with Crippen molar-refractivity contribution in [2.75, 3.05) is 12.4 Å². The van der Waals surface area contributed by atoms with E-state index < -0.39 is 9.84 Å². The molecule has 8 nitrogen and oxygen atoms in total. The molecule has 5 rings (SSSR count). The van der Waals surface area contributed by atoms with Crippen LogP contribution in [0.25, 0.3) is 15.9 Å². The molecule has 1 N–H and O–H groups in total. The van der Waals surface area contributed by atoms with Gasteiger partial charge in [-0.15, -0.1) is 16.4 Å². The molecule has 0 spiro atoms. The molecule has 3 heterocycles. The summed E-state index contributed by atoms with van der Waals surface area (Å²) in [6.07, 6.45) is 0. The van der Waals surface area contributed by atoms with Crippen LogP contribution in [0.3, 0.4) is 0 Å². The van der Waals surface area contributed by atoms with Gasteiger partial charge in [-0.1, -0.05) is 37.3 Å². The van der Waals surface area contributed by atoms with E-state index in [4.69, 9.17) is 4.74 Å². The lowest BCUT2D eigenvalue weighted by Gasteiger charge is -2.10. The van der Waals surface area contributed by atoms with Crippen molar-refractivity contribution in [3.63, 3.8) is 0 Å². The van der Waals surface area contributed by atoms with E-state index >= 15 is 0 Å². The number of benzene rings is 2. The standard InChI is InChI=1S/C23H21N5O3S2/c1-14(2)15-7-9-18(10-8-15)33(29,30)23-22-25-21(24-16-5-4-6-17(13-16)31-3)20-19(11-12-32-20)28(22)27-26-23/h4-14H,1-3H3,(H,24,25). The number of thiophene rings is 1. The normalized spacial score (nSPS) is 12.0. The van der Waals surface area contributed by atoms with Crippen molar-refractivity contribution in [2.45, 2.75) is 29.7 Å². The van der Waals surface area contributed by atoms with Crippen LogP contribution < -0.4 is 10.1 Å². The number of aromatic nitrogens is 4. The van der Waals surface area contributed by atoms with Gasteiger partial charge in [-0.3, -0.25) is 0 Å². The summed E-state index contributed by atoms with van der Waals surface area (Å²) in [6, 6.07) is 16.2. The topological polar surface area (TPSA) is 98.5 Å². The highest BCUT2D eigenvalue weighted by Crippen LogP contribution is 2.33. The number of fused-ring (bicyclic) bond motifs is 3. The minimum Gasteiger partial charge on any atom is -0.497 e. The summed E-state index contributed by atoms with van der Waals surface area (Å²) in [5.41, 5.74) is 2.71. The van der Waals surface area contributed by atoms with Crippen LogP contribution in [0, 0.1) is 0 Å². The number of methoxy groups -OCH3 is 1. The zero-order valence-corrected chi connectivity index (χ0v) is 19.8. The molecule has 0 aliphatic rings. The van der Waals surface area contributed by atoms with E-state index in [2.05, 4.69) is 34.5 Å². The Morgan fingerprint density at radius 3 is 2.61 bits per heavy atom. The highest BCUT2D eigenvalue weighted by Gasteiger charge is 2.27. The Hall–Kier alpha value is -3.50. The van der Waals surface area contributed by atoms with Crippen LogP contribution in [-0.4, -0.2) is 35.3 Å². The maximum atomic E-state index is 13.4. The predicted molar refractivity (Wildman–Crippen MR) is 128 cm³/mol. The summed E-state index contributed by atoms with van der Waals surface area (Å²) in [4.78, 5) is 4.80. The highest BCUT2D eigenvalue weighted by molar-refractivity contribution is 7.91. The average molecular weight is 480 g/mol. The van der Waals surface area contributed by atoms with Crippen LogP contribution in [0.15, 0.2) is 69.9 Å². The number of hydrogen-bond donors (Lipinski definition) is 1. The van der Waals surface area contributed by atoms with E-state index in [0.29, 0.717) is 17.5 Å². The van der Waals surface area contributed by atoms with Crippen molar-refractivity contribution >= 4 is 48.5 Å². The van der Waals surface area contributed by atoms with Crippen molar-refractivity contribution < 1.29 is 13.2 Å². The lowest BCUT2D eigenvalue weighted by molar-refractivity contribution is 0.415. The molecule has 0 bridgehead atoms. The lowest BCUT2D eigenvalue weighted by atomic mass is 10.0. The lowest BCUT2D eigenvalue weighted by Crippen LogP contribution is -2.05. The SMILES string of the molecule is COc1cccc(Nc2nc3c(S(=O)(=O)c4ccc(C(C)C)cc4)nnn3c3ccsc23)c1. The van der Waals surface area contributed by atoms with Crippen molar-refractivity contribution in [2.24, 2.45) is 0 Å². The Morgan fingerprint density at radius 2 is 1.88 bits per heavy atom. The largest absolute Gasteiger partial charge is 0.497 e. The van der Waals surface area contributed by atoms with Crippen LogP contribution in [0.5, 0.6) is 5.75 Å². The number of hydrogen-bond acceptors (Lipinski definition) is 8. The number of sulfone groups is 1. The van der Waals surface area contributed by atoms with Gasteiger partial charge in [0.2, 0.25) is 14.9 Å². The summed E-state index contributed by atoms with van der Waals surface area (Å²) in [6.45, 7) is 4.12. The first-order valence-corrected chi connectivity index (χ1v) is 12.6. The van der Waals surface area contributed by atoms with Gasteiger partial charge in [0.1, 0.15) is 5.75 Å². The molecule has 0 fully saturated rings. The summed E-state index contributed by atoms with van der Waals surface area (Å²) in [7, 11) is -2.32. The van der Waals surface area contributed by atoms with Gasteiger partial charge in [-0.25, -0.2) is 13.4 Å². The molecule has 0 atom stereocenters. The molecule has 10 heteroatoms. The molecule has 33 heavy (non-hydrogen) atoms. The third-order valence-electron chi connectivity index (χ3n) is 5.37. The summed E-state index contributed by atoms with van der Waals surface area (Å²) < 4.78 is 34.5. The molecule has 0 saturated heterocycles. The Balaban J connectivity index is 1.65. The highest BCUT2D eigenvalue weighted by atomic mass is 32.2. The summed E-state index contributed by atoms with van der Waals surface area (Å²) >= 11 is 1.48. The van der Waals surface area contributed by atoms with Gasteiger partial charge in [0.15, 0.2) is 11.5 Å². The summed E-state index contributed by atoms with van der Waals surface area (Å²) in [5, 5.41) is 13.2. The molecule has 0 saturated carbocycles. The van der Waals surface area contributed by atoms with Gasteiger partial charge in [0.25, 0.3) is 0 Å². The fourth-order valence-corrected chi connectivity index (χ4v) is 5.61. The first-order valence-electron chi connectivity index (χ1n) is 10.3. The molecule has 0 aliphatic heterocycles. The van der Waals surface area contributed by atoms with Gasteiger partial charge in [-0.2, -0.15) is 4.52 Å². The van der Waals surface area contributed by atoms with Crippen LogP contribution in [0.4, 0.5) is 11.5 Å². The van der Waals surface area contributed by atoms with Crippen LogP contribution in [0.1, 0.15) is 25.3 Å². The monoisotopic (exact) mass is 479 g/mol. The van der Waals surface area contributed by atoms with Crippen LogP contribution in [0.2, 0.25) is 0 Å². The second kappa shape index (κ2) is 8.13. The number of ether oxygens (including phenoxy) is 1.